The Morgan fingerprint density at radius 2 is 0.500 bits per heavy atom. The highest BCUT2D eigenvalue weighted by Crippen LogP contribution is 2.54. The quantitative estimate of drug-likeness (QED) is 0.0645. The van der Waals surface area contributed by atoms with Gasteiger partial charge in [0.05, 0.1) is 33.0 Å². The summed E-state index contributed by atoms with van der Waals surface area (Å²) in [5, 5.41) is 191. The molecule has 0 bridgehead atoms. The Morgan fingerprint density at radius 3 is 0.700 bits per heavy atom. The van der Waals surface area contributed by atoms with Crippen molar-refractivity contribution in [3.05, 3.63) is 79.5 Å². The Kier molecular flexibility index (Phi) is 11.8. The first-order valence-corrected chi connectivity index (χ1v) is 18.2. The second kappa shape index (κ2) is 17.1. The maximum absolute atomic E-state index is 12.0. The van der Waals surface area contributed by atoms with Gasteiger partial charge in [-0.2, -0.15) is 0 Å². The molecule has 8 aromatic rings. The summed E-state index contributed by atoms with van der Waals surface area (Å²) >= 11 is 0. The van der Waals surface area contributed by atoms with Crippen molar-refractivity contribution in [3.63, 3.8) is 0 Å². The van der Waals surface area contributed by atoms with Gasteiger partial charge in [-0.3, -0.25) is 0 Å². The number of carboxylic acid groups (broad SMARTS) is 4. The zero-order chi connectivity index (χ0) is 52.4. The number of aromatic hydroxyl groups is 16. The van der Waals surface area contributed by atoms with Gasteiger partial charge in [0.2, 0.25) is 34.5 Å². The van der Waals surface area contributed by atoms with Crippen LogP contribution < -0.4 is 11.3 Å². The molecular formula is C42H26O28. The van der Waals surface area contributed by atoms with Crippen LogP contribution in [0.3, 0.4) is 0 Å². The fourth-order valence-corrected chi connectivity index (χ4v) is 6.85. The molecule has 0 saturated heterocycles. The van der Waals surface area contributed by atoms with Crippen LogP contribution in [0.25, 0.3) is 55.0 Å². The molecule has 0 aliphatic rings. The van der Waals surface area contributed by atoms with Crippen molar-refractivity contribution >= 4 is 56.6 Å². The number of hydrogen-bond acceptors (Lipinski definition) is 24. The van der Waals surface area contributed by atoms with Crippen LogP contribution >= 0.6 is 0 Å². The van der Waals surface area contributed by atoms with E-state index in [1.807, 2.05) is 0 Å². The minimum absolute atomic E-state index is 0.00597. The average Bonchev–Trinajstić information content (AvgIpc) is 3.29. The van der Waals surface area contributed by atoms with E-state index >= 15 is 0 Å². The molecule has 0 unspecified atom stereocenters. The van der Waals surface area contributed by atoms with Gasteiger partial charge in [0, 0.05) is 33.0 Å². The van der Waals surface area contributed by atoms with Crippen molar-refractivity contribution in [3.8, 4) is 114 Å². The number of hydrogen-bond donors (Lipinski definition) is 20. The molecule has 20 N–H and O–H groups in total. The fraction of sp³-hybridized carbons (Fsp3) is 0. The number of aromatic carboxylic acids is 4. The molecule has 0 saturated carbocycles. The van der Waals surface area contributed by atoms with Crippen LogP contribution in [0.5, 0.6) is 92.0 Å². The smallest absolute Gasteiger partial charge is 0.344 e. The van der Waals surface area contributed by atoms with E-state index in [2.05, 4.69) is 0 Å². The van der Waals surface area contributed by atoms with Gasteiger partial charge in [-0.05, 0) is 36.4 Å². The molecule has 0 atom stereocenters. The number of rotatable bonds is 6. The van der Waals surface area contributed by atoms with Crippen LogP contribution in [0, 0.1) is 0 Å². The topological polar surface area (TPSA) is 533 Å². The van der Waals surface area contributed by atoms with Crippen LogP contribution in [-0.2, 0) is 0 Å². The summed E-state index contributed by atoms with van der Waals surface area (Å²) in [6.45, 7) is 0. The number of phenols is 16. The van der Waals surface area contributed by atoms with Gasteiger partial charge in [-0.25, -0.2) is 28.8 Å². The van der Waals surface area contributed by atoms with Crippen LogP contribution in [0.15, 0.2) is 54.8 Å². The molecule has 0 aliphatic carbocycles. The van der Waals surface area contributed by atoms with Crippen LogP contribution in [0.1, 0.15) is 41.4 Å². The van der Waals surface area contributed by atoms with Crippen molar-refractivity contribution < 1.29 is 130 Å². The van der Waals surface area contributed by atoms with Crippen molar-refractivity contribution in [2.24, 2.45) is 0 Å². The van der Waals surface area contributed by atoms with Gasteiger partial charge in [0.1, 0.15) is 0 Å². The third-order valence-corrected chi connectivity index (χ3v) is 9.99. The van der Waals surface area contributed by atoms with E-state index in [1.165, 1.54) is 0 Å². The number of phenolic OH excluding ortho intramolecular Hbond substituents is 16. The largest absolute Gasteiger partial charge is 0.504 e. The predicted molar refractivity (Wildman–Crippen MR) is 225 cm³/mol. The number of carboxylic acids is 4. The maximum Gasteiger partial charge on any atom is 0.344 e. The minimum atomic E-state index is -1.74. The van der Waals surface area contributed by atoms with Crippen molar-refractivity contribution in [1.29, 1.82) is 0 Å². The van der Waals surface area contributed by atoms with E-state index < -0.39 is 183 Å². The monoisotopic (exact) mass is 978 g/mol. The standard InChI is InChI=1S/2C14H10O10.C14H6O8/c2*15-5-1-3(13(21)22)7(11(19)9(5)17)8-4(14(23)24)2-6(16)10(18)12(8)20;15-5-1-3-7-8-4(14(20)22-11(7)9(5)17)2-6(16)10(18)12(8)21-13(3)19/h2*1-2,15-20H,(H,21,22)(H,23,24);1-2,15-18H. The Balaban J connectivity index is 0.000000172. The summed E-state index contributed by atoms with van der Waals surface area (Å²) in [6, 6.07) is 3.99. The number of carbonyl (C=O) groups is 4. The molecule has 6 aromatic carbocycles. The molecule has 362 valence electrons. The third-order valence-electron chi connectivity index (χ3n) is 9.99. The highest BCUT2D eigenvalue weighted by molar-refractivity contribution is 6.22. The summed E-state index contributed by atoms with van der Waals surface area (Å²) < 4.78 is 9.87. The molecule has 8 rings (SSSR count). The summed E-state index contributed by atoms with van der Waals surface area (Å²) in [5.41, 5.74) is -9.66. The summed E-state index contributed by atoms with van der Waals surface area (Å²) in [4.78, 5) is 69.2. The van der Waals surface area contributed by atoms with Gasteiger partial charge >= 0.3 is 35.1 Å². The first kappa shape index (κ1) is 48.4. The highest BCUT2D eigenvalue weighted by Gasteiger charge is 2.33. The van der Waals surface area contributed by atoms with Gasteiger partial charge in [-0.15, -0.1) is 0 Å². The Labute approximate surface area is 380 Å². The zero-order valence-electron chi connectivity index (χ0n) is 33.7. The van der Waals surface area contributed by atoms with Crippen LogP contribution in [-0.4, -0.2) is 126 Å². The van der Waals surface area contributed by atoms with Gasteiger partial charge in [-0.1, -0.05) is 0 Å². The third kappa shape index (κ3) is 7.62. The second-order valence-corrected chi connectivity index (χ2v) is 14.1. The number of benzene rings is 6. The molecule has 0 amide bonds. The first-order valence-electron chi connectivity index (χ1n) is 18.2. The normalized spacial score (nSPS) is 10.9. The molecule has 0 fully saturated rings. The molecule has 2 heterocycles. The molecule has 28 nitrogen and oxygen atoms in total. The summed E-state index contributed by atoms with van der Waals surface area (Å²) in [7, 11) is 0. The van der Waals surface area contributed by atoms with E-state index in [0.29, 0.717) is 24.3 Å². The Morgan fingerprint density at radius 1 is 0.300 bits per heavy atom. The second-order valence-electron chi connectivity index (χ2n) is 14.1. The van der Waals surface area contributed by atoms with E-state index in [1.54, 1.807) is 0 Å². The Bertz CT molecular complexity index is 3340. The van der Waals surface area contributed by atoms with E-state index in [0.717, 1.165) is 12.1 Å². The maximum atomic E-state index is 12.0. The molecule has 70 heavy (non-hydrogen) atoms. The zero-order valence-corrected chi connectivity index (χ0v) is 33.7. The van der Waals surface area contributed by atoms with E-state index in [9.17, 15) is 110 Å². The minimum Gasteiger partial charge on any atom is -0.504 e. The lowest BCUT2D eigenvalue weighted by molar-refractivity contribution is 0.0683. The molecule has 0 aliphatic heterocycles. The van der Waals surface area contributed by atoms with Gasteiger partial charge in [0.15, 0.2) is 68.7 Å². The molecular weight excluding hydrogens is 952 g/mol. The molecule has 0 spiro atoms. The van der Waals surface area contributed by atoms with Gasteiger partial charge in [0.25, 0.3) is 0 Å². The molecule has 0 radical (unpaired) electrons. The Hall–Kier alpha value is -11.1. The lowest BCUT2D eigenvalue weighted by atomic mass is 9.92. The van der Waals surface area contributed by atoms with Gasteiger partial charge < -0.3 is 111 Å². The lowest BCUT2D eigenvalue weighted by Crippen LogP contribution is -2.06. The summed E-state index contributed by atoms with van der Waals surface area (Å²) in [5.74, 6) is -23.4. The van der Waals surface area contributed by atoms with Crippen LogP contribution in [0.2, 0.25) is 0 Å². The van der Waals surface area contributed by atoms with Crippen LogP contribution in [0.4, 0.5) is 0 Å². The first-order chi connectivity index (χ1) is 32.5. The summed E-state index contributed by atoms with van der Waals surface area (Å²) in [6.07, 6.45) is 0. The molecule has 2 aromatic heterocycles. The van der Waals surface area contributed by atoms with Crippen molar-refractivity contribution in [1.82, 2.24) is 0 Å². The lowest BCUT2D eigenvalue weighted by Gasteiger charge is -2.16. The highest BCUT2D eigenvalue weighted by atomic mass is 16.4. The average molecular weight is 979 g/mol. The van der Waals surface area contributed by atoms with E-state index in [4.69, 9.17) is 29.3 Å². The predicted octanol–water partition coefficient (Wildman–Crippen LogP) is 3.28. The van der Waals surface area contributed by atoms with E-state index in [-0.39, 0.29) is 21.5 Å². The fourth-order valence-electron chi connectivity index (χ4n) is 6.85. The van der Waals surface area contributed by atoms with Crippen molar-refractivity contribution in [2.45, 2.75) is 0 Å². The SMILES string of the molecule is O=C(O)c1cc(O)c(O)c(O)c1-c1c(C(=O)O)cc(O)c(O)c1O.O=C(O)c1cc(O)c(O)c(O)c1-c1c(C(=O)O)cc(O)c(O)c1O.O=c1oc2c(O)c(O)cc3c(=O)oc4c(O)c(O)cc1c4c23. The molecule has 28 heteroatoms. The van der Waals surface area contributed by atoms with Crippen molar-refractivity contribution in [2.75, 3.05) is 0 Å².